The third-order valence-electron chi connectivity index (χ3n) is 4.27. The van der Waals surface area contributed by atoms with E-state index in [1.165, 1.54) is 5.57 Å². The van der Waals surface area contributed by atoms with E-state index in [0.29, 0.717) is 6.42 Å². The number of hydrogen-bond donors (Lipinski definition) is 2. The van der Waals surface area contributed by atoms with Crippen molar-refractivity contribution >= 4 is 27.7 Å². The highest BCUT2D eigenvalue weighted by Gasteiger charge is 2.56. The van der Waals surface area contributed by atoms with Crippen LogP contribution in [0.1, 0.15) is 31.2 Å². The fourth-order valence-corrected chi connectivity index (χ4v) is 3.36. The first kappa shape index (κ1) is 13.4. The molecule has 1 fully saturated rings. The highest BCUT2D eigenvalue weighted by Crippen LogP contribution is 2.48. The average Bonchev–Trinajstić information content (AvgIpc) is 2.71. The van der Waals surface area contributed by atoms with E-state index in [1.807, 2.05) is 37.3 Å². The van der Waals surface area contributed by atoms with Crippen molar-refractivity contribution in [3.8, 4) is 0 Å². The maximum absolute atomic E-state index is 12.3. The third-order valence-corrected chi connectivity index (χ3v) is 4.79. The highest BCUT2D eigenvalue weighted by molar-refractivity contribution is 9.10. The summed E-state index contributed by atoms with van der Waals surface area (Å²) in [5.74, 6) is -0.568. The van der Waals surface area contributed by atoms with Gasteiger partial charge in [-0.05, 0) is 37.5 Å². The summed E-state index contributed by atoms with van der Waals surface area (Å²) in [4.78, 5) is 24.6. The molecule has 0 radical (unpaired) electrons. The van der Waals surface area contributed by atoms with Crippen molar-refractivity contribution in [2.24, 2.45) is 5.41 Å². The molecular weight excluding hydrogens is 320 g/mol. The van der Waals surface area contributed by atoms with Crippen LogP contribution in [0, 0.1) is 5.41 Å². The van der Waals surface area contributed by atoms with Crippen LogP contribution in [0.2, 0.25) is 0 Å². The lowest BCUT2D eigenvalue weighted by atomic mass is 9.64. The number of amides is 2. The summed E-state index contributed by atoms with van der Waals surface area (Å²) in [6.45, 7) is 2.05. The van der Waals surface area contributed by atoms with E-state index in [2.05, 4.69) is 26.8 Å². The summed E-state index contributed by atoms with van der Waals surface area (Å²) in [5, 5.41) is 0. The van der Waals surface area contributed by atoms with E-state index in [-0.39, 0.29) is 17.7 Å². The normalized spacial score (nSPS) is 24.3. The van der Waals surface area contributed by atoms with E-state index < -0.39 is 5.41 Å². The summed E-state index contributed by atoms with van der Waals surface area (Å²) in [6.07, 6.45) is 3.18. The molecule has 5 heteroatoms. The first-order valence-electron chi connectivity index (χ1n) is 6.56. The fraction of sp³-hybridized carbons (Fsp3) is 0.333. The van der Waals surface area contributed by atoms with Crippen LogP contribution in [0.4, 0.5) is 0 Å². The van der Waals surface area contributed by atoms with Gasteiger partial charge >= 0.3 is 0 Å². The molecule has 1 aliphatic heterocycles. The second-order valence-corrected chi connectivity index (χ2v) is 6.36. The number of rotatable bonds is 1. The molecule has 1 heterocycles. The lowest BCUT2D eigenvalue weighted by molar-refractivity contribution is -0.137. The molecule has 2 N–H and O–H groups in total. The Balaban J connectivity index is 2.10. The number of nitrogens with one attached hydrogen (secondary N) is 2. The van der Waals surface area contributed by atoms with Crippen molar-refractivity contribution in [3.63, 3.8) is 0 Å². The molecule has 1 aromatic rings. The number of carbonyl (C=O) groups is 2. The molecule has 0 bridgehead atoms. The Morgan fingerprint density at radius 3 is 2.35 bits per heavy atom. The van der Waals surface area contributed by atoms with Gasteiger partial charge in [-0.3, -0.25) is 20.4 Å². The van der Waals surface area contributed by atoms with Crippen LogP contribution in [0.25, 0.3) is 0 Å². The lowest BCUT2D eigenvalue weighted by Crippen LogP contribution is -2.43. The van der Waals surface area contributed by atoms with E-state index in [4.69, 9.17) is 0 Å². The summed E-state index contributed by atoms with van der Waals surface area (Å²) in [7, 11) is 0. The molecule has 4 nitrogen and oxygen atoms in total. The second kappa shape index (κ2) is 4.74. The molecule has 0 unspecified atom stereocenters. The van der Waals surface area contributed by atoms with Crippen LogP contribution in [-0.2, 0) is 9.59 Å². The molecule has 1 aliphatic carbocycles. The number of hydrogen-bond acceptors (Lipinski definition) is 2. The second-order valence-electron chi connectivity index (χ2n) is 5.44. The van der Waals surface area contributed by atoms with Crippen LogP contribution in [-0.4, -0.2) is 11.8 Å². The molecule has 0 aromatic heterocycles. The smallest absolute Gasteiger partial charge is 0.255 e. The number of allylic oxidation sites excluding steroid dienone is 2. The molecule has 2 aliphatic rings. The van der Waals surface area contributed by atoms with Crippen molar-refractivity contribution in [1.29, 1.82) is 0 Å². The van der Waals surface area contributed by atoms with Gasteiger partial charge in [-0.1, -0.05) is 39.7 Å². The van der Waals surface area contributed by atoms with Gasteiger partial charge in [0.25, 0.3) is 11.8 Å². The molecule has 1 saturated heterocycles. The van der Waals surface area contributed by atoms with Gasteiger partial charge in [0, 0.05) is 10.4 Å². The minimum absolute atomic E-state index is 0.122. The van der Waals surface area contributed by atoms with Crippen LogP contribution in [0.15, 0.2) is 40.4 Å². The monoisotopic (exact) mass is 334 g/mol. The van der Waals surface area contributed by atoms with Crippen LogP contribution in [0.5, 0.6) is 0 Å². The maximum Gasteiger partial charge on any atom is 0.255 e. The van der Waals surface area contributed by atoms with Gasteiger partial charge in [-0.2, -0.15) is 0 Å². The van der Waals surface area contributed by atoms with Crippen molar-refractivity contribution < 1.29 is 9.59 Å². The number of carbonyl (C=O) groups excluding carboxylic acids is 2. The number of benzene rings is 1. The standard InChI is InChI=1S/C15H15BrN2O2/c1-9-6-7-15(13(19)17-18-14(15)20)12(8-9)10-2-4-11(16)5-3-10/h2-6,12H,7-8H2,1H3,(H,17,19)(H,18,20)/t12-/m0/s1. The van der Waals surface area contributed by atoms with Crippen LogP contribution < -0.4 is 10.9 Å². The van der Waals surface area contributed by atoms with E-state index in [1.54, 1.807) is 0 Å². The van der Waals surface area contributed by atoms with E-state index in [0.717, 1.165) is 16.5 Å². The Bertz CT molecular complexity index is 591. The largest absolute Gasteiger partial charge is 0.272 e. The average molecular weight is 335 g/mol. The zero-order valence-electron chi connectivity index (χ0n) is 11.1. The Morgan fingerprint density at radius 1 is 1.15 bits per heavy atom. The highest BCUT2D eigenvalue weighted by atomic mass is 79.9. The predicted octanol–water partition coefficient (Wildman–Crippen LogP) is 2.42. The molecule has 0 saturated carbocycles. The lowest BCUT2D eigenvalue weighted by Gasteiger charge is -2.35. The Labute approximate surface area is 125 Å². The first-order valence-corrected chi connectivity index (χ1v) is 7.35. The van der Waals surface area contributed by atoms with Crippen molar-refractivity contribution in [2.75, 3.05) is 0 Å². The minimum Gasteiger partial charge on any atom is -0.272 e. The summed E-state index contributed by atoms with van der Waals surface area (Å²) >= 11 is 3.41. The first-order chi connectivity index (χ1) is 9.54. The van der Waals surface area contributed by atoms with Gasteiger partial charge in [0.1, 0.15) is 5.41 Å². The van der Waals surface area contributed by atoms with E-state index in [9.17, 15) is 9.59 Å². The molecule has 1 atom stereocenters. The van der Waals surface area contributed by atoms with Gasteiger partial charge in [0.05, 0.1) is 0 Å². The van der Waals surface area contributed by atoms with Crippen molar-refractivity contribution in [1.82, 2.24) is 10.9 Å². The van der Waals surface area contributed by atoms with Crippen molar-refractivity contribution in [2.45, 2.75) is 25.7 Å². The summed E-state index contributed by atoms with van der Waals surface area (Å²) < 4.78 is 0.985. The van der Waals surface area contributed by atoms with Gasteiger partial charge in [0.15, 0.2) is 0 Å². The Hall–Kier alpha value is -1.62. The van der Waals surface area contributed by atoms with Crippen LogP contribution >= 0.6 is 15.9 Å². The fourth-order valence-electron chi connectivity index (χ4n) is 3.10. The molecule has 104 valence electrons. The van der Waals surface area contributed by atoms with Gasteiger partial charge < -0.3 is 0 Å². The molecule has 3 rings (SSSR count). The summed E-state index contributed by atoms with van der Waals surface area (Å²) in [5.41, 5.74) is 6.19. The third kappa shape index (κ3) is 1.88. The van der Waals surface area contributed by atoms with Gasteiger partial charge in [-0.25, -0.2) is 0 Å². The molecule has 1 spiro atoms. The van der Waals surface area contributed by atoms with Gasteiger partial charge in [-0.15, -0.1) is 0 Å². The minimum atomic E-state index is -1.01. The Morgan fingerprint density at radius 2 is 1.75 bits per heavy atom. The molecule has 20 heavy (non-hydrogen) atoms. The zero-order chi connectivity index (χ0) is 14.3. The maximum atomic E-state index is 12.3. The number of halogens is 1. The quantitative estimate of drug-likeness (QED) is 0.612. The predicted molar refractivity (Wildman–Crippen MR) is 78.6 cm³/mol. The number of hydrazine groups is 1. The Kier molecular flexibility index (Phi) is 3.17. The zero-order valence-corrected chi connectivity index (χ0v) is 12.7. The topological polar surface area (TPSA) is 58.2 Å². The van der Waals surface area contributed by atoms with Crippen LogP contribution in [0.3, 0.4) is 0 Å². The SMILES string of the molecule is CC1=CCC2(C(=O)NNC2=O)[C@H](c2ccc(Br)cc2)C1. The van der Waals surface area contributed by atoms with E-state index >= 15 is 0 Å². The summed E-state index contributed by atoms with van der Waals surface area (Å²) in [6, 6.07) is 7.85. The molecule has 1 aromatic carbocycles. The van der Waals surface area contributed by atoms with Crippen molar-refractivity contribution in [3.05, 3.63) is 46.0 Å². The van der Waals surface area contributed by atoms with Gasteiger partial charge in [0.2, 0.25) is 0 Å². The molecule has 2 amide bonds. The molecular formula is C15H15BrN2O2.